The summed E-state index contributed by atoms with van der Waals surface area (Å²) in [7, 11) is 0. The number of benzene rings is 1. The number of thiophene rings is 1. The zero-order valence-corrected chi connectivity index (χ0v) is 13.6. The van der Waals surface area contributed by atoms with Gasteiger partial charge in [-0.1, -0.05) is 30.0 Å². The van der Waals surface area contributed by atoms with E-state index in [2.05, 4.69) is 20.5 Å². The summed E-state index contributed by atoms with van der Waals surface area (Å²) in [6.45, 7) is 0.519. The highest BCUT2D eigenvalue weighted by Gasteiger charge is 2.11. The number of hydrogen-bond donors (Lipinski definition) is 2. The Bertz CT molecular complexity index is 788. The first-order valence-electron chi connectivity index (χ1n) is 6.81. The molecular formula is C15H13FN4OS2. The molecule has 3 rings (SSSR count). The van der Waals surface area contributed by atoms with Gasteiger partial charge >= 0.3 is 0 Å². The molecule has 0 unspecified atom stereocenters. The van der Waals surface area contributed by atoms with Crippen molar-refractivity contribution < 1.29 is 9.18 Å². The van der Waals surface area contributed by atoms with Crippen molar-refractivity contribution in [1.29, 1.82) is 0 Å². The van der Waals surface area contributed by atoms with E-state index in [1.165, 1.54) is 17.8 Å². The lowest BCUT2D eigenvalue weighted by Crippen LogP contribution is -2.24. The first-order valence-corrected chi connectivity index (χ1v) is 8.68. The molecule has 0 spiro atoms. The molecule has 2 N–H and O–H groups in total. The Hall–Kier alpha value is -2.19. The Kier molecular flexibility index (Phi) is 5.04. The summed E-state index contributed by atoms with van der Waals surface area (Å²) in [5, 5.41) is 11.9. The number of H-pyrrole nitrogens is 1. The SMILES string of the molecule is O=C(CSc1n[nH]c(-c2ccccc2F)n1)NCc1cccs1. The Morgan fingerprint density at radius 2 is 2.17 bits per heavy atom. The van der Waals surface area contributed by atoms with Crippen molar-refractivity contribution in [1.82, 2.24) is 20.5 Å². The van der Waals surface area contributed by atoms with Crippen molar-refractivity contribution in [3.8, 4) is 11.4 Å². The lowest BCUT2D eigenvalue weighted by molar-refractivity contribution is -0.118. The molecule has 0 atom stereocenters. The highest BCUT2D eigenvalue weighted by atomic mass is 32.2. The average Bonchev–Trinajstić information content (AvgIpc) is 3.23. The van der Waals surface area contributed by atoms with Gasteiger partial charge in [0.05, 0.1) is 17.9 Å². The summed E-state index contributed by atoms with van der Waals surface area (Å²) >= 11 is 2.80. The second-order valence-electron chi connectivity index (χ2n) is 4.59. The normalized spacial score (nSPS) is 10.7. The number of rotatable bonds is 6. The van der Waals surface area contributed by atoms with E-state index in [4.69, 9.17) is 0 Å². The standard InChI is InChI=1S/C15H13FN4OS2/c16-12-6-2-1-5-11(12)14-18-15(20-19-14)23-9-13(21)17-8-10-4-3-7-22-10/h1-7H,8-9H2,(H,17,21)(H,18,19,20). The maximum absolute atomic E-state index is 13.7. The molecule has 5 nitrogen and oxygen atoms in total. The van der Waals surface area contributed by atoms with Crippen molar-refractivity contribution >= 4 is 29.0 Å². The predicted molar refractivity (Wildman–Crippen MR) is 88.7 cm³/mol. The quantitative estimate of drug-likeness (QED) is 0.672. The number of carbonyl (C=O) groups is 1. The van der Waals surface area contributed by atoms with Gasteiger partial charge in [0.1, 0.15) is 5.82 Å². The number of hydrogen-bond acceptors (Lipinski definition) is 5. The van der Waals surface area contributed by atoms with Gasteiger partial charge < -0.3 is 5.32 Å². The number of halogens is 1. The third kappa shape index (κ3) is 4.17. The fourth-order valence-electron chi connectivity index (χ4n) is 1.86. The smallest absolute Gasteiger partial charge is 0.230 e. The number of aromatic nitrogens is 3. The second kappa shape index (κ2) is 7.38. The first-order chi connectivity index (χ1) is 11.2. The van der Waals surface area contributed by atoms with Crippen molar-refractivity contribution in [3.05, 3.63) is 52.5 Å². The number of nitrogens with one attached hydrogen (secondary N) is 2. The van der Waals surface area contributed by atoms with E-state index in [1.807, 2.05) is 17.5 Å². The molecular weight excluding hydrogens is 335 g/mol. The minimum atomic E-state index is -0.367. The van der Waals surface area contributed by atoms with Gasteiger partial charge in [-0.25, -0.2) is 9.37 Å². The Morgan fingerprint density at radius 3 is 2.96 bits per heavy atom. The van der Waals surface area contributed by atoms with Crippen LogP contribution in [0.4, 0.5) is 4.39 Å². The van der Waals surface area contributed by atoms with Crippen LogP contribution in [0, 0.1) is 5.82 Å². The predicted octanol–water partition coefficient (Wildman–Crippen LogP) is 3.08. The van der Waals surface area contributed by atoms with E-state index in [1.54, 1.807) is 29.5 Å². The number of nitrogens with zero attached hydrogens (tertiary/aromatic N) is 2. The molecule has 2 aromatic heterocycles. The van der Waals surface area contributed by atoms with Gasteiger partial charge in [0, 0.05) is 4.88 Å². The van der Waals surface area contributed by atoms with E-state index in [-0.39, 0.29) is 17.5 Å². The molecule has 0 fully saturated rings. The summed E-state index contributed by atoms with van der Waals surface area (Å²) in [4.78, 5) is 17.1. The van der Waals surface area contributed by atoms with Gasteiger partial charge in [0.15, 0.2) is 5.82 Å². The van der Waals surface area contributed by atoms with Crippen molar-refractivity contribution in [2.45, 2.75) is 11.7 Å². The van der Waals surface area contributed by atoms with Gasteiger partial charge in [-0.15, -0.1) is 16.4 Å². The minimum Gasteiger partial charge on any atom is -0.350 e. The van der Waals surface area contributed by atoms with Crippen molar-refractivity contribution in [3.63, 3.8) is 0 Å². The van der Waals surface area contributed by atoms with Gasteiger partial charge in [0.2, 0.25) is 11.1 Å². The van der Waals surface area contributed by atoms with Crippen molar-refractivity contribution in [2.24, 2.45) is 0 Å². The van der Waals surface area contributed by atoms with E-state index >= 15 is 0 Å². The van der Waals surface area contributed by atoms with Crippen LogP contribution in [-0.2, 0) is 11.3 Å². The third-order valence-electron chi connectivity index (χ3n) is 2.97. The van der Waals surface area contributed by atoms with Gasteiger partial charge in [-0.05, 0) is 23.6 Å². The molecule has 0 radical (unpaired) electrons. The average molecular weight is 348 g/mol. The van der Waals surface area contributed by atoms with Gasteiger partial charge in [-0.2, -0.15) is 0 Å². The highest BCUT2D eigenvalue weighted by Crippen LogP contribution is 2.21. The number of thioether (sulfide) groups is 1. The largest absolute Gasteiger partial charge is 0.350 e. The zero-order valence-electron chi connectivity index (χ0n) is 12.0. The molecule has 2 heterocycles. The zero-order chi connectivity index (χ0) is 16.1. The second-order valence-corrected chi connectivity index (χ2v) is 6.57. The number of amides is 1. The molecule has 0 aliphatic heterocycles. The summed E-state index contributed by atoms with van der Waals surface area (Å²) in [5.74, 6) is 0.0964. The van der Waals surface area contributed by atoms with Crippen LogP contribution >= 0.6 is 23.1 Å². The molecule has 1 amide bonds. The molecule has 118 valence electrons. The highest BCUT2D eigenvalue weighted by molar-refractivity contribution is 7.99. The topological polar surface area (TPSA) is 70.7 Å². The van der Waals surface area contributed by atoms with Crippen LogP contribution in [0.3, 0.4) is 0 Å². The van der Waals surface area contributed by atoms with Crippen LogP contribution < -0.4 is 5.32 Å². The van der Waals surface area contributed by atoms with Gasteiger partial charge in [-0.3, -0.25) is 9.89 Å². The van der Waals surface area contributed by atoms with Crippen molar-refractivity contribution in [2.75, 3.05) is 5.75 Å². The first kappa shape index (κ1) is 15.7. The lowest BCUT2D eigenvalue weighted by Gasteiger charge is -2.01. The van der Waals surface area contributed by atoms with Gasteiger partial charge in [0.25, 0.3) is 0 Å². The molecule has 0 saturated carbocycles. The fraction of sp³-hybridized carbons (Fsp3) is 0.133. The summed E-state index contributed by atoms with van der Waals surface area (Å²) in [6.07, 6.45) is 0. The van der Waals surface area contributed by atoms with E-state index in [0.29, 0.717) is 23.1 Å². The minimum absolute atomic E-state index is 0.0966. The molecule has 1 aromatic carbocycles. The fourth-order valence-corrected chi connectivity index (χ4v) is 3.14. The van der Waals surface area contributed by atoms with Crippen LogP contribution in [0.15, 0.2) is 46.9 Å². The van der Waals surface area contributed by atoms with Crippen LogP contribution in [0.25, 0.3) is 11.4 Å². The van der Waals surface area contributed by atoms with E-state index < -0.39 is 0 Å². The van der Waals surface area contributed by atoms with Crippen LogP contribution in [-0.4, -0.2) is 26.8 Å². The molecule has 0 aliphatic carbocycles. The maximum atomic E-state index is 13.7. The van der Waals surface area contributed by atoms with Crippen LogP contribution in [0.1, 0.15) is 4.88 Å². The summed E-state index contributed by atoms with van der Waals surface area (Å²) < 4.78 is 13.7. The maximum Gasteiger partial charge on any atom is 0.230 e. The number of aromatic amines is 1. The Morgan fingerprint density at radius 1 is 1.30 bits per heavy atom. The third-order valence-corrected chi connectivity index (χ3v) is 4.69. The van der Waals surface area contributed by atoms with Crippen LogP contribution in [0.5, 0.6) is 0 Å². The Labute approximate surface area is 140 Å². The lowest BCUT2D eigenvalue weighted by atomic mass is 10.2. The van der Waals surface area contributed by atoms with E-state index in [9.17, 15) is 9.18 Å². The van der Waals surface area contributed by atoms with Crippen LogP contribution in [0.2, 0.25) is 0 Å². The molecule has 0 saturated heterocycles. The Balaban J connectivity index is 1.53. The molecule has 3 aromatic rings. The molecule has 8 heteroatoms. The molecule has 0 bridgehead atoms. The monoisotopic (exact) mass is 348 g/mol. The summed E-state index contributed by atoms with van der Waals surface area (Å²) in [5.41, 5.74) is 0.356. The van der Waals surface area contributed by atoms with E-state index in [0.717, 1.165) is 4.88 Å². The summed E-state index contributed by atoms with van der Waals surface area (Å²) in [6, 6.07) is 10.2. The molecule has 0 aliphatic rings. The number of carbonyl (C=O) groups excluding carboxylic acids is 1. The molecule has 23 heavy (non-hydrogen) atoms.